The van der Waals surface area contributed by atoms with Gasteiger partial charge in [-0.25, -0.2) is 4.98 Å². The Morgan fingerprint density at radius 2 is 1.68 bits per heavy atom. The van der Waals surface area contributed by atoms with E-state index < -0.39 is 0 Å². The maximum absolute atomic E-state index is 4.67. The first kappa shape index (κ1) is 18.3. The number of nitrogens with one attached hydrogen (secondary N) is 1. The summed E-state index contributed by atoms with van der Waals surface area (Å²) in [5.74, 6) is 1.51. The van der Waals surface area contributed by atoms with Gasteiger partial charge in [0.15, 0.2) is 0 Å². The Morgan fingerprint density at radius 1 is 0.929 bits per heavy atom. The molecular formula is C23H27N5. The van der Waals surface area contributed by atoms with E-state index in [4.69, 9.17) is 0 Å². The molecule has 1 N–H and O–H groups in total. The van der Waals surface area contributed by atoms with E-state index >= 15 is 0 Å². The van der Waals surface area contributed by atoms with Crippen molar-refractivity contribution < 1.29 is 0 Å². The number of rotatable bonds is 6. The van der Waals surface area contributed by atoms with Crippen molar-refractivity contribution in [2.75, 3.05) is 35.3 Å². The summed E-state index contributed by atoms with van der Waals surface area (Å²) in [5, 5.41) is 3.40. The average Bonchev–Trinajstić information content (AvgIpc) is 2.76. The van der Waals surface area contributed by atoms with Crippen molar-refractivity contribution in [3.8, 4) is 0 Å². The number of hydrogen-bond acceptors (Lipinski definition) is 5. The zero-order chi connectivity index (χ0) is 19.2. The molecule has 0 unspecified atom stereocenters. The smallest absolute Gasteiger partial charge is 0.227 e. The van der Waals surface area contributed by atoms with Gasteiger partial charge in [-0.05, 0) is 55.2 Å². The lowest BCUT2D eigenvalue weighted by atomic mass is 10.1. The molecule has 144 valence electrons. The second kappa shape index (κ2) is 8.74. The third-order valence-corrected chi connectivity index (χ3v) is 5.11. The highest BCUT2D eigenvalue weighted by Gasteiger charge is 2.11. The fourth-order valence-electron chi connectivity index (χ4n) is 3.59. The van der Waals surface area contributed by atoms with Gasteiger partial charge in [0.05, 0.1) is 0 Å². The molecule has 2 aromatic carbocycles. The number of aromatic nitrogens is 2. The van der Waals surface area contributed by atoms with Crippen molar-refractivity contribution in [3.63, 3.8) is 0 Å². The molecule has 0 atom stereocenters. The predicted octanol–water partition coefficient (Wildman–Crippen LogP) is 4.85. The molecule has 0 amide bonds. The summed E-state index contributed by atoms with van der Waals surface area (Å²) in [6.07, 6.45) is 5.74. The Labute approximate surface area is 167 Å². The summed E-state index contributed by atoms with van der Waals surface area (Å²) in [7, 11) is 2.01. The summed E-state index contributed by atoms with van der Waals surface area (Å²) < 4.78 is 0. The predicted molar refractivity (Wildman–Crippen MR) is 116 cm³/mol. The van der Waals surface area contributed by atoms with Crippen LogP contribution < -0.4 is 15.1 Å². The Bertz CT molecular complexity index is 873. The topological polar surface area (TPSA) is 44.3 Å². The van der Waals surface area contributed by atoms with Crippen molar-refractivity contribution in [3.05, 3.63) is 72.4 Å². The second-order valence-electron chi connectivity index (χ2n) is 7.30. The molecule has 1 aliphatic rings. The standard InChI is InChI=1S/C23H27N5/c1-27(18-19-8-4-2-5-9-19)23-24-15-14-22(26-23)25-20-10-12-21(13-11-20)28-16-6-3-7-17-28/h2,4-5,8-15H,3,6-7,16-18H2,1H3,(H,24,25,26). The summed E-state index contributed by atoms with van der Waals surface area (Å²) in [6.45, 7) is 3.10. The largest absolute Gasteiger partial charge is 0.372 e. The number of hydrogen-bond donors (Lipinski definition) is 1. The highest BCUT2D eigenvalue weighted by molar-refractivity contribution is 5.61. The van der Waals surface area contributed by atoms with Gasteiger partial charge in [-0.15, -0.1) is 0 Å². The number of nitrogens with zero attached hydrogens (tertiary/aromatic N) is 4. The molecule has 5 nitrogen and oxygen atoms in total. The highest BCUT2D eigenvalue weighted by Crippen LogP contribution is 2.23. The van der Waals surface area contributed by atoms with Crippen LogP contribution in [0.1, 0.15) is 24.8 Å². The van der Waals surface area contributed by atoms with E-state index in [9.17, 15) is 0 Å². The molecule has 0 spiro atoms. The van der Waals surface area contributed by atoms with Gasteiger partial charge in [0.2, 0.25) is 5.95 Å². The Kier molecular flexibility index (Phi) is 5.71. The summed E-state index contributed by atoms with van der Waals surface area (Å²) in [6, 6.07) is 20.9. The molecule has 28 heavy (non-hydrogen) atoms. The quantitative estimate of drug-likeness (QED) is 0.669. The van der Waals surface area contributed by atoms with Gasteiger partial charge in [-0.1, -0.05) is 30.3 Å². The normalized spacial score (nSPS) is 14.0. The van der Waals surface area contributed by atoms with Gasteiger partial charge >= 0.3 is 0 Å². The van der Waals surface area contributed by atoms with Crippen LogP contribution in [0.5, 0.6) is 0 Å². The van der Waals surface area contributed by atoms with Crippen LogP contribution in [-0.4, -0.2) is 30.1 Å². The first-order valence-electron chi connectivity index (χ1n) is 9.98. The van der Waals surface area contributed by atoms with E-state index in [1.54, 1.807) is 6.20 Å². The summed E-state index contributed by atoms with van der Waals surface area (Å²) in [5.41, 5.74) is 3.58. The third-order valence-electron chi connectivity index (χ3n) is 5.11. The summed E-state index contributed by atoms with van der Waals surface area (Å²) in [4.78, 5) is 13.6. The SMILES string of the molecule is CN(Cc1ccccc1)c1nccc(Nc2ccc(N3CCCCC3)cc2)n1. The van der Waals surface area contributed by atoms with Crippen LogP contribution >= 0.6 is 0 Å². The lowest BCUT2D eigenvalue weighted by molar-refractivity contribution is 0.578. The summed E-state index contributed by atoms with van der Waals surface area (Å²) >= 11 is 0. The van der Waals surface area contributed by atoms with Crippen LogP contribution in [0.3, 0.4) is 0 Å². The molecule has 5 heteroatoms. The van der Waals surface area contributed by atoms with Crippen LogP contribution in [0.15, 0.2) is 66.9 Å². The van der Waals surface area contributed by atoms with Crippen LogP contribution in [0.2, 0.25) is 0 Å². The first-order valence-corrected chi connectivity index (χ1v) is 9.98. The molecule has 1 aromatic heterocycles. The molecule has 0 radical (unpaired) electrons. The third kappa shape index (κ3) is 4.60. The maximum atomic E-state index is 4.67. The second-order valence-corrected chi connectivity index (χ2v) is 7.30. The van der Waals surface area contributed by atoms with Gasteiger partial charge in [-0.2, -0.15) is 4.98 Å². The van der Waals surface area contributed by atoms with E-state index in [0.29, 0.717) is 5.95 Å². The molecule has 1 aliphatic heterocycles. The van der Waals surface area contributed by atoms with E-state index in [1.807, 2.05) is 19.2 Å². The first-order chi connectivity index (χ1) is 13.8. The molecule has 2 heterocycles. The van der Waals surface area contributed by atoms with Gasteiger partial charge in [0.1, 0.15) is 5.82 Å². The number of benzene rings is 2. The van der Waals surface area contributed by atoms with Crippen molar-refractivity contribution in [2.45, 2.75) is 25.8 Å². The van der Waals surface area contributed by atoms with Crippen LogP contribution in [-0.2, 0) is 6.54 Å². The Balaban J connectivity index is 1.41. The monoisotopic (exact) mass is 373 g/mol. The van der Waals surface area contributed by atoms with E-state index in [0.717, 1.165) is 31.1 Å². The highest BCUT2D eigenvalue weighted by atomic mass is 15.2. The van der Waals surface area contributed by atoms with E-state index in [-0.39, 0.29) is 0 Å². The average molecular weight is 374 g/mol. The molecule has 3 aromatic rings. The lowest BCUT2D eigenvalue weighted by Gasteiger charge is -2.28. The lowest BCUT2D eigenvalue weighted by Crippen LogP contribution is -2.29. The maximum Gasteiger partial charge on any atom is 0.227 e. The zero-order valence-electron chi connectivity index (χ0n) is 16.4. The Hall–Kier alpha value is -3.08. The van der Waals surface area contributed by atoms with Crippen molar-refractivity contribution in [1.29, 1.82) is 0 Å². The minimum atomic E-state index is 0.707. The molecular weight excluding hydrogens is 346 g/mol. The van der Waals surface area contributed by atoms with E-state index in [2.05, 4.69) is 73.6 Å². The zero-order valence-corrected chi connectivity index (χ0v) is 16.4. The van der Waals surface area contributed by atoms with Crippen LogP contribution in [0, 0.1) is 0 Å². The van der Waals surface area contributed by atoms with Gasteiger partial charge < -0.3 is 15.1 Å². The molecule has 1 saturated heterocycles. The van der Waals surface area contributed by atoms with Crippen LogP contribution in [0.25, 0.3) is 0 Å². The van der Waals surface area contributed by atoms with Gasteiger partial charge in [0.25, 0.3) is 0 Å². The number of anilines is 4. The van der Waals surface area contributed by atoms with Crippen LogP contribution in [0.4, 0.5) is 23.1 Å². The molecule has 0 saturated carbocycles. The van der Waals surface area contributed by atoms with Gasteiger partial charge in [0, 0.05) is 44.3 Å². The number of piperidine rings is 1. The van der Waals surface area contributed by atoms with E-state index in [1.165, 1.54) is 30.5 Å². The Morgan fingerprint density at radius 3 is 2.43 bits per heavy atom. The van der Waals surface area contributed by atoms with Crippen molar-refractivity contribution >= 4 is 23.1 Å². The minimum Gasteiger partial charge on any atom is -0.372 e. The molecule has 1 fully saturated rings. The van der Waals surface area contributed by atoms with Gasteiger partial charge in [-0.3, -0.25) is 0 Å². The molecule has 0 aliphatic carbocycles. The fourth-order valence-corrected chi connectivity index (χ4v) is 3.59. The van der Waals surface area contributed by atoms with Crippen molar-refractivity contribution in [1.82, 2.24) is 9.97 Å². The fraction of sp³-hybridized carbons (Fsp3) is 0.304. The minimum absolute atomic E-state index is 0.707. The molecule has 4 rings (SSSR count). The van der Waals surface area contributed by atoms with Crippen molar-refractivity contribution in [2.24, 2.45) is 0 Å². The molecule has 0 bridgehead atoms.